The first-order chi connectivity index (χ1) is 9.95. The van der Waals surface area contributed by atoms with E-state index in [-0.39, 0.29) is 23.1 Å². The molecule has 0 heterocycles. The molecule has 1 aromatic carbocycles. The summed E-state index contributed by atoms with van der Waals surface area (Å²) in [5.74, 6) is -0.718. The van der Waals surface area contributed by atoms with Crippen molar-refractivity contribution in [1.82, 2.24) is 0 Å². The van der Waals surface area contributed by atoms with Crippen LogP contribution in [0.1, 0.15) is 61.3 Å². The Balaban J connectivity index is 2.83. The molecule has 1 aromatic rings. The molecule has 1 atom stereocenters. The van der Waals surface area contributed by atoms with Crippen LogP contribution in [-0.2, 0) is 9.47 Å². The summed E-state index contributed by atoms with van der Waals surface area (Å²) in [5.41, 5.74) is 0.515. The molecule has 4 heteroatoms. The molecule has 1 rings (SSSR count). The third-order valence-corrected chi connectivity index (χ3v) is 2.92. The lowest BCUT2D eigenvalue weighted by Crippen LogP contribution is -2.19. The van der Waals surface area contributed by atoms with E-state index in [2.05, 4.69) is 0 Å². The number of carbonyl (C=O) groups excluding carboxylic acids is 2. The normalized spacial score (nSPS) is 12.0. The largest absolute Gasteiger partial charge is 0.462 e. The standard InChI is InChI=1S/C17H24O4/c1-5-8-13(4)21-17(19)15-10-7-6-9-14(15)16(18)20-11-12(2)3/h6-7,9-10,12-13H,5,8,11H2,1-4H3. The predicted octanol–water partition coefficient (Wildman–Crippen LogP) is 3.84. The van der Waals surface area contributed by atoms with Gasteiger partial charge in [-0.2, -0.15) is 0 Å². The van der Waals surface area contributed by atoms with Gasteiger partial charge in [0, 0.05) is 0 Å². The molecule has 0 saturated carbocycles. The molecule has 21 heavy (non-hydrogen) atoms. The zero-order valence-corrected chi connectivity index (χ0v) is 13.2. The maximum Gasteiger partial charge on any atom is 0.339 e. The Morgan fingerprint density at radius 3 is 2.14 bits per heavy atom. The summed E-state index contributed by atoms with van der Waals surface area (Å²) < 4.78 is 10.5. The molecule has 0 spiro atoms. The molecule has 1 unspecified atom stereocenters. The van der Waals surface area contributed by atoms with Gasteiger partial charge in [0.2, 0.25) is 0 Å². The van der Waals surface area contributed by atoms with Gasteiger partial charge >= 0.3 is 11.9 Å². The van der Waals surface area contributed by atoms with Crippen LogP contribution in [0, 0.1) is 5.92 Å². The van der Waals surface area contributed by atoms with Crippen LogP contribution in [0.15, 0.2) is 24.3 Å². The fourth-order valence-corrected chi connectivity index (χ4v) is 1.87. The van der Waals surface area contributed by atoms with Crippen LogP contribution in [0.25, 0.3) is 0 Å². The number of benzene rings is 1. The van der Waals surface area contributed by atoms with Crippen molar-refractivity contribution in [2.24, 2.45) is 5.92 Å². The number of ether oxygens (including phenoxy) is 2. The first-order valence-electron chi connectivity index (χ1n) is 7.42. The molecular weight excluding hydrogens is 268 g/mol. The van der Waals surface area contributed by atoms with Gasteiger partial charge in [0.15, 0.2) is 0 Å². The van der Waals surface area contributed by atoms with Crippen molar-refractivity contribution in [3.63, 3.8) is 0 Å². The Hall–Kier alpha value is -1.84. The number of hydrogen-bond donors (Lipinski definition) is 0. The van der Waals surface area contributed by atoms with E-state index in [1.54, 1.807) is 24.3 Å². The van der Waals surface area contributed by atoms with E-state index in [0.717, 1.165) is 12.8 Å². The third-order valence-electron chi connectivity index (χ3n) is 2.92. The van der Waals surface area contributed by atoms with E-state index in [1.165, 1.54) is 0 Å². The minimum atomic E-state index is -0.487. The summed E-state index contributed by atoms with van der Waals surface area (Å²) in [6.07, 6.45) is 1.57. The van der Waals surface area contributed by atoms with Crippen molar-refractivity contribution >= 4 is 11.9 Å². The summed E-state index contributed by atoms with van der Waals surface area (Å²) in [6, 6.07) is 6.59. The van der Waals surface area contributed by atoms with Gasteiger partial charge in [-0.1, -0.05) is 39.3 Å². The lowest BCUT2D eigenvalue weighted by molar-refractivity contribution is 0.0308. The number of hydrogen-bond acceptors (Lipinski definition) is 4. The van der Waals surface area contributed by atoms with Crippen molar-refractivity contribution in [2.75, 3.05) is 6.61 Å². The Labute approximate surface area is 126 Å². The van der Waals surface area contributed by atoms with Crippen molar-refractivity contribution in [1.29, 1.82) is 0 Å². The number of carbonyl (C=O) groups is 2. The molecular formula is C17H24O4. The monoisotopic (exact) mass is 292 g/mol. The number of rotatable bonds is 7. The highest BCUT2D eigenvalue weighted by molar-refractivity contribution is 6.03. The van der Waals surface area contributed by atoms with E-state index in [1.807, 2.05) is 27.7 Å². The fourth-order valence-electron chi connectivity index (χ4n) is 1.87. The Bertz CT molecular complexity index is 479. The van der Waals surface area contributed by atoms with Crippen LogP contribution in [-0.4, -0.2) is 24.6 Å². The summed E-state index contributed by atoms with van der Waals surface area (Å²) in [7, 11) is 0. The smallest absolute Gasteiger partial charge is 0.339 e. The van der Waals surface area contributed by atoms with Crippen LogP contribution in [0.5, 0.6) is 0 Å². The maximum absolute atomic E-state index is 12.2. The van der Waals surface area contributed by atoms with E-state index < -0.39 is 11.9 Å². The van der Waals surface area contributed by atoms with Gasteiger partial charge < -0.3 is 9.47 Å². The first kappa shape index (κ1) is 17.2. The zero-order valence-electron chi connectivity index (χ0n) is 13.2. The van der Waals surface area contributed by atoms with Gasteiger partial charge in [-0.3, -0.25) is 0 Å². The summed E-state index contributed by atoms with van der Waals surface area (Å²) in [4.78, 5) is 24.2. The molecule has 116 valence electrons. The van der Waals surface area contributed by atoms with Crippen molar-refractivity contribution in [3.05, 3.63) is 35.4 Å². The quantitative estimate of drug-likeness (QED) is 0.716. The molecule has 0 radical (unpaired) electrons. The average Bonchev–Trinajstić information content (AvgIpc) is 2.44. The maximum atomic E-state index is 12.2. The lowest BCUT2D eigenvalue weighted by Gasteiger charge is -2.14. The minimum Gasteiger partial charge on any atom is -0.462 e. The van der Waals surface area contributed by atoms with Gasteiger partial charge in [0.1, 0.15) is 0 Å². The van der Waals surface area contributed by atoms with Gasteiger partial charge in [-0.05, 0) is 31.4 Å². The van der Waals surface area contributed by atoms with E-state index >= 15 is 0 Å². The molecule has 0 aliphatic rings. The van der Waals surface area contributed by atoms with Crippen molar-refractivity contribution in [3.8, 4) is 0 Å². The average molecular weight is 292 g/mol. The molecule has 0 N–H and O–H groups in total. The first-order valence-corrected chi connectivity index (χ1v) is 7.42. The Morgan fingerprint density at radius 1 is 1.05 bits per heavy atom. The SMILES string of the molecule is CCCC(C)OC(=O)c1ccccc1C(=O)OCC(C)C. The van der Waals surface area contributed by atoms with Crippen molar-refractivity contribution in [2.45, 2.75) is 46.6 Å². The second-order valence-corrected chi connectivity index (χ2v) is 5.54. The van der Waals surface area contributed by atoms with Gasteiger partial charge in [-0.25, -0.2) is 9.59 Å². The highest BCUT2D eigenvalue weighted by Crippen LogP contribution is 2.14. The third kappa shape index (κ3) is 5.58. The predicted molar refractivity (Wildman–Crippen MR) is 81.3 cm³/mol. The van der Waals surface area contributed by atoms with Gasteiger partial charge in [-0.15, -0.1) is 0 Å². The topological polar surface area (TPSA) is 52.6 Å². The highest BCUT2D eigenvalue weighted by atomic mass is 16.5. The fraction of sp³-hybridized carbons (Fsp3) is 0.529. The zero-order chi connectivity index (χ0) is 15.8. The van der Waals surface area contributed by atoms with E-state index in [9.17, 15) is 9.59 Å². The van der Waals surface area contributed by atoms with Crippen molar-refractivity contribution < 1.29 is 19.1 Å². The Morgan fingerprint density at radius 2 is 1.62 bits per heavy atom. The van der Waals surface area contributed by atoms with Crippen LogP contribution in [0.3, 0.4) is 0 Å². The van der Waals surface area contributed by atoms with Gasteiger partial charge in [0.05, 0.1) is 23.8 Å². The molecule has 0 aliphatic heterocycles. The van der Waals surface area contributed by atoms with E-state index in [4.69, 9.17) is 9.47 Å². The Kier molecular flexibility index (Phi) is 6.92. The highest BCUT2D eigenvalue weighted by Gasteiger charge is 2.20. The van der Waals surface area contributed by atoms with Crippen LogP contribution in [0.2, 0.25) is 0 Å². The lowest BCUT2D eigenvalue weighted by atomic mass is 10.1. The molecule has 0 bridgehead atoms. The second-order valence-electron chi connectivity index (χ2n) is 5.54. The van der Waals surface area contributed by atoms with Crippen LogP contribution < -0.4 is 0 Å². The molecule has 4 nitrogen and oxygen atoms in total. The summed E-state index contributed by atoms with van der Waals surface area (Å²) >= 11 is 0. The molecule has 0 amide bonds. The minimum absolute atomic E-state index is 0.165. The number of esters is 2. The van der Waals surface area contributed by atoms with Gasteiger partial charge in [0.25, 0.3) is 0 Å². The molecule has 0 saturated heterocycles. The summed E-state index contributed by atoms with van der Waals surface area (Å²) in [6.45, 7) is 8.12. The van der Waals surface area contributed by atoms with E-state index in [0.29, 0.717) is 6.61 Å². The molecule has 0 aliphatic carbocycles. The molecule has 0 aromatic heterocycles. The van der Waals surface area contributed by atoms with Crippen LogP contribution >= 0.6 is 0 Å². The second kappa shape index (κ2) is 8.45. The molecule has 0 fully saturated rings. The summed E-state index contributed by atoms with van der Waals surface area (Å²) in [5, 5.41) is 0. The van der Waals surface area contributed by atoms with Crippen LogP contribution in [0.4, 0.5) is 0 Å².